The van der Waals surface area contributed by atoms with Crippen LogP contribution in [0.5, 0.6) is 0 Å². The molecule has 0 aromatic carbocycles. The fraction of sp³-hybridized carbons (Fsp3) is 0.545. The number of carbonyl (C=O) groups is 1. The predicted octanol–water partition coefficient (Wildman–Crippen LogP) is -2.54. The molecule has 1 unspecified atom stereocenters. The number of hydrogen-bond acceptors (Lipinski definition) is 4. The maximum atomic E-state index is 10.8. The molecule has 0 saturated carbocycles. The largest absolute Gasteiger partial charge is 1.00 e. The van der Waals surface area contributed by atoms with E-state index in [1.54, 1.807) is 0 Å². The molecular weight excluding hydrogens is 217 g/mol. The van der Waals surface area contributed by atoms with Crippen molar-refractivity contribution in [3.05, 3.63) is 23.7 Å². The van der Waals surface area contributed by atoms with E-state index < -0.39 is 12.0 Å². The van der Waals surface area contributed by atoms with Crippen LogP contribution in [0.4, 0.5) is 0 Å². The van der Waals surface area contributed by atoms with Crippen molar-refractivity contribution in [1.29, 1.82) is 0 Å². The van der Waals surface area contributed by atoms with Crippen LogP contribution < -0.4 is 40.0 Å². The molecule has 1 aromatic rings. The zero-order valence-corrected chi connectivity index (χ0v) is 12.2. The quantitative estimate of drug-likeness (QED) is 0.569. The Bertz CT molecular complexity index is 336. The summed E-state index contributed by atoms with van der Waals surface area (Å²) < 4.78 is 5.32. The summed E-state index contributed by atoms with van der Waals surface area (Å²) >= 11 is 0. The Morgan fingerprint density at radius 2 is 2.12 bits per heavy atom. The van der Waals surface area contributed by atoms with E-state index in [0.29, 0.717) is 6.54 Å². The molecule has 0 spiro atoms. The molecule has 84 valence electrons. The summed E-state index contributed by atoms with van der Waals surface area (Å²) in [6, 6.07) is 3.03. The van der Waals surface area contributed by atoms with E-state index in [0.717, 1.165) is 11.5 Å². The Balaban J connectivity index is 0.00000225. The first-order chi connectivity index (χ1) is 7.00. The molecule has 0 aliphatic rings. The Hall–Kier alpha value is -0.290. The number of carbonyl (C=O) groups excluding carboxylic acids is 1. The molecule has 0 aliphatic heterocycles. The second-order valence-electron chi connectivity index (χ2n) is 3.93. The fourth-order valence-corrected chi connectivity index (χ4v) is 1.38. The topological polar surface area (TPSA) is 65.3 Å². The average Bonchev–Trinajstić information content (AvgIpc) is 2.50. The van der Waals surface area contributed by atoms with E-state index in [1.807, 2.05) is 32.9 Å². The number of nitrogens with one attached hydrogen (secondary N) is 1. The Morgan fingerprint density at radius 3 is 2.50 bits per heavy atom. The first-order valence-electron chi connectivity index (χ1n) is 5.00. The molecule has 16 heavy (non-hydrogen) atoms. The van der Waals surface area contributed by atoms with Crippen molar-refractivity contribution in [2.75, 3.05) is 0 Å². The summed E-state index contributed by atoms with van der Waals surface area (Å²) in [4.78, 5) is 10.8. The number of hydrogen-bond donors (Lipinski definition) is 1. The summed E-state index contributed by atoms with van der Waals surface area (Å²) in [6.45, 7) is 5.93. The first kappa shape index (κ1) is 15.7. The average molecular weight is 233 g/mol. The van der Waals surface area contributed by atoms with Crippen LogP contribution in [-0.2, 0) is 11.3 Å². The van der Waals surface area contributed by atoms with Gasteiger partial charge in [0, 0.05) is 6.04 Å². The molecule has 4 nitrogen and oxygen atoms in total. The standard InChI is InChI=1S/C11H17NO3.Na/c1-7(2)10(11(13)14)12-6-9-5-4-8(3)15-9;/h4-5,7,10,12H,6H2,1-3H3,(H,13,14);/q;+1/p-1. The van der Waals surface area contributed by atoms with Crippen LogP contribution in [0.25, 0.3) is 0 Å². The molecule has 0 radical (unpaired) electrons. The Morgan fingerprint density at radius 1 is 1.50 bits per heavy atom. The van der Waals surface area contributed by atoms with Gasteiger partial charge >= 0.3 is 29.6 Å². The van der Waals surface area contributed by atoms with Crippen LogP contribution in [0.15, 0.2) is 16.5 Å². The summed E-state index contributed by atoms with van der Waals surface area (Å²) in [7, 11) is 0. The normalized spacial score (nSPS) is 12.2. The van der Waals surface area contributed by atoms with Gasteiger partial charge in [-0.1, -0.05) is 13.8 Å². The van der Waals surface area contributed by atoms with Crippen molar-refractivity contribution in [3.8, 4) is 0 Å². The first-order valence-corrected chi connectivity index (χ1v) is 5.00. The summed E-state index contributed by atoms with van der Waals surface area (Å²) in [6.07, 6.45) is 0. The summed E-state index contributed by atoms with van der Waals surface area (Å²) in [5.41, 5.74) is 0. The Kier molecular flexibility index (Phi) is 6.99. The van der Waals surface area contributed by atoms with Crippen LogP contribution in [0.2, 0.25) is 0 Å². The van der Waals surface area contributed by atoms with Crippen molar-refractivity contribution in [3.63, 3.8) is 0 Å². The second kappa shape index (κ2) is 7.12. The number of furan rings is 1. The minimum atomic E-state index is -1.08. The van der Waals surface area contributed by atoms with Crippen molar-refractivity contribution in [2.24, 2.45) is 5.92 Å². The van der Waals surface area contributed by atoms with Gasteiger partial charge in [0.15, 0.2) is 0 Å². The van der Waals surface area contributed by atoms with Crippen molar-refractivity contribution in [2.45, 2.75) is 33.4 Å². The van der Waals surface area contributed by atoms with Gasteiger partial charge in [-0.05, 0) is 25.0 Å². The molecule has 0 bridgehead atoms. The molecule has 1 rings (SSSR count). The third-order valence-electron chi connectivity index (χ3n) is 2.21. The number of aliphatic carboxylic acids is 1. The fourth-order valence-electron chi connectivity index (χ4n) is 1.38. The van der Waals surface area contributed by atoms with Crippen LogP contribution in [-0.4, -0.2) is 12.0 Å². The monoisotopic (exact) mass is 233 g/mol. The molecule has 1 atom stereocenters. The molecule has 1 aromatic heterocycles. The Labute approximate surface area is 118 Å². The summed E-state index contributed by atoms with van der Waals surface area (Å²) in [5, 5.41) is 13.7. The molecule has 1 heterocycles. The maximum Gasteiger partial charge on any atom is 1.00 e. The molecule has 0 fully saturated rings. The minimum Gasteiger partial charge on any atom is -0.548 e. The van der Waals surface area contributed by atoms with Gasteiger partial charge in [-0.3, -0.25) is 0 Å². The van der Waals surface area contributed by atoms with E-state index in [-0.39, 0.29) is 35.5 Å². The van der Waals surface area contributed by atoms with Gasteiger partial charge in [0.1, 0.15) is 11.5 Å². The van der Waals surface area contributed by atoms with Crippen LogP contribution in [0.3, 0.4) is 0 Å². The van der Waals surface area contributed by atoms with Crippen LogP contribution in [0, 0.1) is 12.8 Å². The third-order valence-corrected chi connectivity index (χ3v) is 2.21. The maximum absolute atomic E-state index is 10.8. The van der Waals surface area contributed by atoms with Gasteiger partial charge in [0.2, 0.25) is 0 Å². The number of carboxylic acid groups (broad SMARTS) is 1. The molecule has 0 amide bonds. The smallest absolute Gasteiger partial charge is 0.548 e. The van der Waals surface area contributed by atoms with Crippen molar-refractivity contribution >= 4 is 5.97 Å². The predicted molar refractivity (Wildman–Crippen MR) is 53.9 cm³/mol. The summed E-state index contributed by atoms with van der Waals surface area (Å²) in [5.74, 6) is 0.472. The zero-order chi connectivity index (χ0) is 11.4. The molecule has 0 saturated heterocycles. The van der Waals surface area contributed by atoms with Crippen molar-refractivity contribution < 1.29 is 43.9 Å². The third kappa shape index (κ3) is 4.70. The molecule has 5 heteroatoms. The van der Waals surface area contributed by atoms with Gasteiger partial charge in [0.25, 0.3) is 0 Å². The van der Waals surface area contributed by atoms with Gasteiger partial charge in [0.05, 0.1) is 12.5 Å². The van der Waals surface area contributed by atoms with E-state index in [4.69, 9.17) is 4.42 Å². The zero-order valence-electron chi connectivity index (χ0n) is 10.2. The van der Waals surface area contributed by atoms with Crippen molar-refractivity contribution in [1.82, 2.24) is 5.32 Å². The number of rotatable bonds is 5. The van der Waals surface area contributed by atoms with Gasteiger partial charge in [-0.2, -0.15) is 0 Å². The van der Waals surface area contributed by atoms with Crippen LogP contribution in [0.1, 0.15) is 25.4 Å². The van der Waals surface area contributed by atoms with E-state index in [1.165, 1.54) is 0 Å². The minimum absolute atomic E-state index is 0. The van der Waals surface area contributed by atoms with Gasteiger partial charge in [-0.15, -0.1) is 0 Å². The number of aryl methyl sites for hydroxylation is 1. The molecule has 0 aliphatic carbocycles. The van der Waals surface area contributed by atoms with E-state index in [2.05, 4.69) is 5.32 Å². The van der Waals surface area contributed by atoms with Gasteiger partial charge in [-0.25, -0.2) is 0 Å². The molecule has 1 N–H and O–H groups in total. The van der Waals surface area contributed by atoms with Crippen LogP contribution >= 0.6 is 0 Å². The number of carboxylic acids is 1. The van der Waals surface area contributed by atoms with E-state index >= 15 is 0 Å². The second-order valence-corrected chi connectivity index (χ2v) is 3.93. The SMILES string of the molecule is Cc1ccc(CNC(C(=O)[O-])C(C)C)o1.[Na+]. The van der Waals surface area contributed by atoms with Gasteiger partial charge < -0.3 is 19.6 Å². The van der Waals surface area contributed by atoms with E-state index in [9.17, 15) is 9.90 Å². The molecular formula is C11H16NNaO3.